The van der Waals surface area contributed by atoms with Gasteiger partial charge in [-0.1, -0.05) is 29.3 Å². The normalized spacial score (nSPS) is 15.1. The van der Waals surface area contributed by atoms with E-state index in [2.05, 4.69) is 51.0 Å². The van der Waals surface area contributed by atoms with Gasteiger partial charge in [0.25, 0.3) is 23.8 Å². The molecule has 0 fully saturated rings. The number of halogens is 2. The van der Waals surface area contributed by atoms with Crippen molar-refractivity contribution in [3.05, 3.63) is 92.4 Å². The zero-order valence-corrected chi connectivity index (χ0v) is 26.0. The van der Waals surface area contributed by atoms with E-state index in [4.69, 9.17) is 23.2 Å². The number of thiophene rings is 1. The minimum Gasteiger partial charge on any atom is -0.493 e. The lowest BCUT2D eigenvalue weighted by Gasteiger charge is -2.12. The van der Waals surface area contributed by atoms with Gasteiger partial charge >= 0.3 is 12.1 Å². The SMILES string of the molecule is O=C(N=C1N=Nc2nc(C(C(=O)c3cccs3)c3nc4n(c3O)C(=NC(=O)Nc3ccc(Cl)cc3)N=N4)c(O)n21)Nc1ccc(Cl)cc1. The Balaban J connectivity index is 1.23. The van der Waals surface area contributed by atoms with Crippen LogP contribution < -0.4 is 10.6 Å². The largest absolute Gasteiger partial charge is 0.493 e. The first-order valence-electron chi connectivity index (χ1n) is 13.5. The van der Waals surface area contributed by atoms with Crippen LogP contribution >= 0.6 is 34.5 Å². The molecule has 5 heterocycles. The lowest BCUT2D eigenvalue weighted by Crippen LogP contribution is -2.17. The average Bonchev–Trinajstić information content (AvgIpc) is 3.89. The van der Waals surface area contributed by atoms with Crippen LogP contribution in [-0.4, -0.2) is 59.1 Å². The van der Waals surface area contributed by atoms with E-state index in [0.717, 1.165) is 20.5 Å². The molecule has 17 nitrogen and oxygen atoms in total. The average molecular weight is 703 g/mol. The number of aromatic nitrogens is 4. The van der Waals surface area contributed by atoms with E-state index in [1.807, 2.05) is 0 Å². The molecule has 0 aliphatic carbocycles. The first-order valence-corrected chi connectivity index (χ1v) is 15.2. The van der Waals surface area contributed by atoms with Crippen LogP contribution in [0.5, 0.6) is 11.8 Å². The first-order chi connectivity index (χ1) is 23.2. The number of nitrogens with one attached hydrogen (secondary N) is 2. The molecule has 0 bridgehead atoms. The van der Waals surface area contributed by atoms with Gasteiger partial charge in [-0.2, -0.15) is 9.98 Å². The first kappa shape index (κ1) is 30.5. The van der Waals surface area contributed by atoms with Crippen LogP contribution in [0.1, 0.15) is 27.0 Å². The molecule has 3 aromatic heterocycles. The van der Waals surface area contributed by atoms with Gasteiger partial charge in [0.05, 0.1) is 4.88 Å². The second-order valence-electron chi connectivity index (χ2n) is 9.78. The fourth-order valence-corrected chi connectivity index (χ4v) is 5.57. The van der Waals surface area contributed by atoms with Gasteiger partial charge in [0, 0.05) is 21.4 Å². The number of aromatic hydroxyl groups is 2. The number of carbonyl (C=O) groups is 3. The van der Waals surface area contributed by atoms with E-state index in [-0.39, 0.29) is 40.1 Å². The van der Waals surface area contributed by atoms with Crippen LogP contribution in [0.3, 0.4) is 0 Å². The number of aliphatic imine (C=N–C) groups is 2. The summed E-state index contributed by atoms with van der Waals surface area (Å²) >= 11 is 12.9. The Morgan fingerprint density at radius 2 is 1.17 bits per heavy atom. The topological polar surface area (TPSA) is 226 Å². The highest BCUT2D eigenvalue weighted by Gasteiger charge is 2.40. The minimum absolute atomic E-state index is 0.198. The predicted octanol–water partition coefficient (Wildman–Crippen LogP) is 6.94. The fraction of sp³-hybridized carbons (Fsp3) is 0.0357. The summed E-state index contributed by atoms with van der Waals surface area (Å²) < 4.78 is 1.92. The molecule has 4 amide bonds. The van der Waals surface area contributed by atoms with Gasteiger partial charge in [0.15, 0.2) is 5.78 Å². The summed E-state index contributed by atoms with van der Waals surface area (Å²) in [6.45, 7) is 0. The number of hydrogen-bond donors (Lipinski definition) is 4. The molecule has 20 heteroatoms. The van der Waals surface area contributed by atoms with Crippen molar-refractivity contribution < 1.29 is 24.6 Å². The van der Waals surface area contributed by atoms with E-state index in [1.54, 1.807) is 66.0 Å². The summed E-state index contributed by atoms with van der Waals surface area (Å²) in [5.41, 5.74) is 0.227. The number of Topliss-reactive ketones (excluding diaryl/α,β-unsaturated/α-hetero) is 1. The number of benzene rings is 2. The van der Waals surface area contributed by atoms with Crippen LogP contribution in [0.25, 0.3) is 0 Å². The molecule has 5 aromatic rings. The quantitative estimate of drug-likeness (QED) is 0.136. The van der Waals surface area contributed by atoms with Crippen LogP contribution in [0.2, 0.25) is 10.0 Å². The zero-order valence-electron chi connectivity index (χ0n) is 23.7. The molecule has 2 aliphatic heterocycles. The Bertz CT molecular complexity index is 2100. The van der Waals surface area contributed by atoms with Crippen molar-refractivity contribution in [1.29, 1.82) is 0 Å². The zero-order chi connectivity index (χ0) is 33.5. The fourth-order valence-electron chi connectivity index (χ4n) is 4.63. The molecule has 0 saturated carbocycles. The number of fused-ring (bicyclic) bond motifs is 2. The summed E-state index contributed by atoms with van der Waals surface area (Å²) in [6.07, 6.45) is 0. The Kier molecular flexibility index (Phi) is 7.79. The maximum Gasteiger partial charge on any atom is 0.348 e. The lowest BCUT2D eigenvalue weighted by molar-refractivity contribution is 0.0972. The Morgan fingerprint density at radius 1 is 0.708 bits per heavy atom. The number of rotatable bonds is 6. The van der Waals surface area contributed by atoms with Gasteiger partial charge in [-0.25, -0.2) is 28.7 Å². The smallest absolute Gasteiger partial charge is 0.348 e. The van der Waals surface area contributed by atoms with Gasteiger partial charge < -0.3 is 20.8 Å². The summed E-state index contributed by atoms with van der Waals surface area (Å²) in [5.74, 6) is -4.51. The molecule has 2 aromatic carbocycles. The van der Waals surface area contributed by atoms with Crippen LogP contribution in [0.4, 0.5) is 32.9 Å². The second-order valence-corrected chi connectivity index (χ2v) is 11.6. The van der Waals surface area contributed by atoms with Crippen LogP contribution in [0.15, 0.2) is 96.5 Å². The molecule has 0 radical (unpaired) electrons. The molecule has 0 atom stereocenters. The highest BCUT2D eigenvalue weighted by Crippen LogP contribution is 2.43. The third-order valence-corrected chi connectivity index (χ3v) is 8.14. The third-order valence-electron chi connectivity index (χ3n) is 6.75. The molecule has 48 heavy (non-hydrogen) atoms. The summed E-state index contributed by atoms with van der Waals surface area (Å²) in [6, 6.07) is 14.0. The summed E-state index contributed by atoms with van der Waals surface area (Å²) in [4.78, 5) is 55.7. The van der Waals surface area contributed by atoms with Crippen molar-refractivity contribution in [1.82, 2.24) is 19.1 Å². The van der Waals surface area contributed by atoms with E-state index >= 15 is 0 Å². The molecule has 238 valence electrons. The van der Waals surface area contributed by atoms with Crippen LogP contribution in [0, 0.1) is 0 Å². The minimum atomic E-state index is -1.53. The van der Waals surface area contributed by atoms with E-state index in [0.29, 0.717) is 21.4 Å². The molecule has 7 rings (SSSR count). The van der Waals surface area contributed by atoms with Crippen molar-refractivity contribution in [2.75, 3.05) is 10.6 Å². The summed E-state index contributed by atoms with van der Waals surface area (Å²) in [7, 11) is 0. The number of imidazole rings is 2. The van der Waals surface area contributed by atoms with E-state index in [9.17, 15) is 24.6 Å². The summed E-state index contributed by atoms with van der Waals surface area (Å²) in [5, 5.41) is 45.8. The molecular formula is C28H16Cl2N12O5S. The standard InChI is InChI=1S/C28H16Cl2N12O5S/c29-12-3-7-14(8-4-12)31-27(46)35-25-39-37-23-33-18(21(44)41(23)25)17(20(43)16-2-1-11-48-16)19-22(45)42-24(34-19)38-40-26(42)36-28(47)32-15-9-5-13(30)6-10-15/h1-11,17,44-45H,(H,31,46)(H,32,47). The van der Waals surface area contributed by atoms with E-state index in [1.165, 1.54) is 0 Å². The number of azo groups is 2. The van der Waals surface area contributed by atoms with Crippen molar-refractivity contribution in [3.8, 4) is 11.8 Å². The molecule has 0 spiro atoms. The van der Waals surface area contributed by atoms with Gasteiger partial charge in [-0.15, -0.1) is 31.8 Å². The molecule has 2 aliphatic rings. The maximum atomic E-state index is 13.9. The van der Waals surface area contributed by atoms with Gasteiger partial charge in [0.2, 0.25) is 11.8 Å². The Hall–Kier alpha value is -6.11. The van der Waals surface area contributed by atoms with Gasteiger partial charge in [-0.3, -0.25) is 4.79 Å². The highest BCUT2D eigenvalue weighted by atomic mass is 35.5. The lowest BCUT2D eigenvalue weighted by atomic mass is 9.95. The number of anilines is 2. The third kappa shape index (κ3) is 5.70. The van der Waals surface area contributed by atoms with Crippen molar-refractivity contribution >= 4 is 87.6 Å². The number of carbonyl (C=O) groups excluding carboxylic acids is 3. The predicted molar refractivity (Wildman–Crippen MR) is 174 cm³/mol. The van der Waals surface area contributed by atoms with Crippen molar-refractivity contribution in [3.63, 3.8) is 0 Å². The highest BCUT2D eigenvalue weighted by molar-refractivity contribution is 7.12. The maximum absolute atomic E-state index is 13.9. The molecule has 0 unspecified atom stereocenters. The molecular weight excluding hydrogens is 687 g/mol. The second kappa shape index (κ2) is 12.2. The van der Waals surface area contributed by atoms with Crippen LogP contribution in [-0.2, 0) is 0 Å². The van der Waals surface area contributed by atoms with Gasteiger partial charge in [0.1, 0.15) is 17.3 Å². The number of urea groups is 2. The monoisotopic (exact) mass is 702 g/mol. The molecule has 4 N–H and O–H groups in total. The van der Waals surface area contributed by atoms with Gasteiger partial charge in [-0.05, 0) is 60.0 Å². The van der Waals surface area contributed by atoms with Crippen molar-refractivity contribution in [2.45, 2.75) is 5.92 Å². The number of hydrogen-bond acceptors (Lipinski definition) is 10. The molecule has 0 saturated heterocycles. The number of nitrogens with zero attached hydrogens (tertiary/aromatic N) is 10. The van der Waals surface area contributed by atoms with E-state index < -0.39 is 35.5 Å². The number of ketones is 1. The Morgan fingerprint density at radius 3 is 1.58 bits per heavy atom. The number of amides is 4. The Labute approximate surface area is 281 Å². The van der Waals surface area contributed by atoms with Crippen molar-refractivity contribution in [2.24, 2.45) is 30.4 Å².